The van der Waals surface area contributed by atoms with E-state index in [-0.39, 0.29) is 23.8 Å². The molecule has 0 aliphatic carbocycles. The summed E-state index contributed by atoms with van der Waals surface area (Å²) in [7, 11) is 0. The molecule has 1 aromatic heterocycles. The fraction of sp³-hybridized carbons (Fsp3) is 0.455. The Bertz CT molecular complexity index is 1030. The molecule has 0 saturated carbocycles. The van der Waals surface area contributed by atoms with E-state index in [2.05, 4.69) is 46.2 Å². The van der Waals surface area contributed by atoms with Crippen molar-refractivity contribution in [2.45, 2.75) is 44.4 Å². The quantitative estimate of drug-likeness (QED) is 0.189. The van der Waals surface area contributed by atoms with Gasteiger partial charge >= 0.3 is 5.97 Å². The van der Waals surface area contributed by atoms with Gasteiger partial charge in [0, 0.05) is 35.0 Å². The summed E-state index contributed by atoms with van der Waals surface area (Å²) in [5.74, 6) is -3.46. The number of nitrogens with two attached hydrogens (primary N) is 1. The maximum atomic E-state index is 13.2. The molecule has 12 heteroatoms. The molecular formula is C22H31N5O5S2. The second kappa shape index (κ2) is 12.7. The summed E-state index contributed by atoms with van der Waals surface area (Å²) in [6.07, 6.45) is 1.90. The van der Waals surface area contributed by atoms with Crippen LogP contribution >= 0.6 is 25.3 Å². The van der Waals surface area contributed by atoms with E-state index < -0.39 is 47.9 Å². The minimum Gasteiger partial charge on any atom is -0.480 e. The van der Waals surface area contributed by atoms with E-state index in [0.717, 1.165) is 16.5 Å². The van der Waals surface area contributed by atoms with E-state index >= 15 is 0 Å². The van der Waals surface area contributed by atoms with Crippen molar-refractivity contribution in [2.75, 3.05) is 11.5 Å². The van der Waals surface area contributed by atoms with Crippen molar-refractivity contribution < 1.29 is 24.3 Å². The summed E-state index contributed by atoms with van der Waals surface area (Å²) >= 11 is 8.03. The molecule has 0 aliphatic rings. The fourth-order valence-electron chi connectivity index (χ4n) is 3.22. The van der Waals surface area contributed by atoms with Crippen LogP contribution in [0.3, 0.4) is 0 Å². The van der Waals surface area contributed by atoms with Gasteiger partial charge in [-0.15, -0.1) is 0 Å². The highest BCUT2D eigenvalue weighted by molar-refractivity contribution is 7.80. The first-order valence-electron chi connectivity index (χ1n) is 10.7. The minimum absolute atomic E-state index is 0.0876. The van der Waals surface area contributed by atoms with Crippen LogP contribution in [0.1, 0.15) is 19.4 Å². The summed E-state index contributed by atoms with van der Waals surface area (Å²) in [4.78, 5) is 52.7. The minimum atomic E-state index is -1.25. The van der Waals surface area contributed by atoms with E-state index in [1.807, 2.05) is 24.3 Å². The number of carboxylic acid groups (broad SMARTS) is 1. The van der Waals surface area contributed by atoms with Gasteiger partial charge in [0.2, 0.25) is 17.7 Å². The molecule has 186 valence electrons. The predicted molar refractivity (Wildman–Crippen MR) is 136 cm³/mol. The van der Waals surface area contributed by atoms with E-state index in [4.69, 9.17) is 10.8 Å². The Balaban J connectivity index is 2.24. The fourth-order valence-corrected chi connectivity index (χ4v) is 3.73. The Morgan fingerprint density at radius 2 is 1.50 bits per heavy atom. The molecule has 2 aromatic rings. The van der Waals surface area contributed by atoms with Gasteiger partial charge in [0.1, 0.15) is 18.1 Å². The number of amides is 3. The average molecular weight is 510 g/mol. The predicted octanol–water partition coefficient (Wildman–Crippen LogP) is 0.0923. The molecule has 1 aromatic carbocycles. The summed E-state index contributed by atoms with van der Waals surface area (Å²) in [5, 5.41) is 17.6. The normalized spacial score (nSPS) is 14.8. The van der Waals surface area contributed by atoms with Crippen LogP contribution < -0.4 is 21.7 Å². The molecule has 2 rings (SSSR count). The third-order valence-corrected chi connectivity index (χ3v) is 6.10. The van der Waals surface area contributed by atoms with Crippen LogP contribution in [0.15, 0.2) is 30.5 Å². The number of H-pyrrole nitrogens is 1. The molecule has 4 atom stereocenters. The Hall–Kier alpha value is -2.70. The molecule has 0 bridgehead atoms. The number of aromatic nitrogens is 1. The molecule has 3 amide bonds. The maximum absolute atomic E-state index is 13.2. The number of aliphatic carboxylic acids is 1. The highest BCUT2D eigenvalue weighted by Crippen LogP contribution is 2.19. The Morgan fingerprint density at radius 1 is 0.941 bits per heavy atom. The average Bonchev–Trinajstić information content (AvgIpc) is 3.22. The smallest absolute Gasteiger partial charge is 0.327 e. The number of benzene rings is 1. The Kier molecular flexibility index (Phi) is 10.3. The van der Waals surface area contributed by atoms with Crippen LogP contribution in [0.2, 0.25) is 0 Å². The van der Waals surface area contributed by atoms with E-state index in [9.17, 15) is 19.2 Å². The Labute approximate surface area is 208 Å². The lowest BCUT2D eigenvalue weighted by Gasteiger charge is -2.25. The molecule has 1 heterocycles. The van der Waals surface area contributed by atoms with Gasteiger partial charge in [-0.3, -0.25) is 14.4 Å². The summed E-state index contributed by atoms with van der Waals surface area (Å²) in [5.41, 5.74) is 7.63. The Morgan fingerprint density at radius 3 is 2.09 bits per heavy atom. The highest BCUT2D eigenvalue weighted by Gasteiger charge is 2.30. The van der Waals surface area contributed by atoms with E-state index in [0.29, 0.717) is 0 Å². The molecule has 0 spiro atoms. The molecule has 0 radical (unpaired) electrons. The molecule has 0 aliphatic heterocycles. The van der Waals surface area contributed by atoms with Crippen LogP contribution in [0.4, 0.5) is 0 Å². The van der Waals surface area contributed by atoms with Crippen molar-refractivity contribution in [1.82, 2.24) is 20.9 Å². The third kappa shape index (κ3) is 7.15. The second-order valence-corrected chi connectivity index (χ2v) is 8.95. The number of aromatic amines is 1. The molecule has 7 N–H and O–H groups in total. The first kappa shape index (κ1) is 27.5. The number of carbonyl (C=O) groups excluding carboxylic acids is 3. The molecule has 0 fully saturated rings. The van der Waals surface area contributed by atoms with E-state index in [1.54, 1.807) is 20.0 Å². The lowest BCUT2D eigenvalue weighted by molar-refractivity contribution is -0.141. The third-order valence-electron chi connectivity index (χ3n) is 5.37. The van der Waals surface area contributed by atoms with Gasteiger partial charge < -0.3 is 31.8 Å². The van der Waals surface area contributed by atoms with Gasteiger partial charge in [-0.25, -0.2) is 4.79 Å². The number of para-hydroxylation sites is 1. The lowest BCUT2D eigenvalue weighted by atomic mass is 10.0. The van der Waals surface area contributed by atoms with Crippen molar-refractivity contribution in [2.24, 2.45) is 11.7 Å². The van der Waals surface area contributed by atoms with Crippen LogP contribution in [0.25, 0.3) is 10.9 Å². The number of hydrogen-bond donors (Lipinski definition) is 8. The number of carbonyl (C=O) groups is 4. The number of rotatable bonds is 12. The zero-order valence-corrected chi connectivity index (χ0v) is 20.7. The second-order valence-electron chi connectivity index (χ2n) is 8.22. The SMILES string of the molecule is CC(C)C(N)C(=O)NC(Cc1c[nH]c2ccccc12)C(=O)NC(CS)C(=O)NC(CS)C(=O)O. The van der Waals surface area contributed by atoms with E-state index in [1.165, 1.54) is 0 Å². The number of thiol groups is 2. The first-order chi connectivity index (χ1) is 16.1. The van der Waals surface area contributed by atoms with Crippen molar-refractivity contribution >= 4 is 59.9 Å². The van der Waals surface area contributed by atoms with Crippen molar-refractivity contribution in [3.63, 3.8) is 0 Å². The largest absolute Gasteiger partial charge is 0.480 e. The molecule has 34 heavy (non-hydrogen) atoms. The zero-order valence-electron chi connectivity index (χ0n) is 18.9. The number of hydrogen-bond acceptors (Lipinski definition) is 7. The molecule has 0 saturated heterocycles. The molecule has 10 nitrogen and oxygen atoms in total. The summed E-state index contributed by atoms with van der Waals surface area (Å²) < 4.78 is 0. The number of carboxylic acids is 1. The number of nitrogens with one attached hydrogen (secondary N) is 4. The first-order valence-corrected chi connectivity index (χ1v) is 12.0. The van der Waals surface area contributed by atoms with Crippen molar-refractivity contribution in [1.29, 1.82) is 0 Å². The number of fused-ring (bicyclic) bond motifs is 1. The lowest BCUT2D eigenvalue weighted by Crippen LogP contribution is -2.58. The highest BCUT2D eigenvalue weighted by atomic mass is 32.1. The van der Waals surface area contributed by atoms with Crippen LogP contribution in [0.5, 0.6) is 0 Å². The van der Waals surface area contributed by atoms with Gasteiger partial charge in [0.15, 0.2) is 0 Å². The van der Waals surface area contributed by atoms with Crippen LogP contribution in [-0.2, 0) is 25.6 Å². The molecular weight excluding hydrogens is 478 g/mol. The van der Waals surface area contributed by atoms with Gasteiger partial charge in [0.05, 0.1) is 6.04 Å². The summed E-state index contributed by atoms with van der Waals surface area (Å²) in [6.45, 7) is 3.58. The van der Waals surface area contributed by atoms with Crippen molar-refractivity contribution in [3.05, 3.63) is 36.0 Å². The van der Waals surface area contributed by atoms with Gasteiger partial charge in [-0.05, 0) is 17.5 Å². The standard InChI is InChI=1S/C22H31N5O5S2/c1-11(2)18(23)21(30)25-15(7-12-8-24-14-6-4-3-5-13(12)14)19(28)26-16(9-33)20(29)27-17(10-34)22(31)32/h3-6,8,11,15-18,24,33-34H,7,9-10,23H2,1-2H3,(H,25,30)(H,26,28)(H,27,29)(H,31,32). The maximum Gasteiger partial charge on any atom is 0.327 e. The van der Waals surface area contributed by atoms with Crippen LogP contribution in [-0.4, -0.2) is 69.5 Å². The molecule has 4 unspecified atom stereocenters. The van der Waals surface area contributed by atoms with Crippen molar-refractivity contribution in [3.8, 4) is 0 Å². The van der Waals surface area contributed by atoms with Gasteiger partial charge in [-0.1, -0.05) is 32.0 Å². The van der Waals surface area contributed by atoms with Gasteiger partial charge in [-0.2, -0.15) is 25.3 Å². The summed E-state index contributed by atoms with van der Waals surface area (Å²) in [6, 6.07) is 3.32. The zero-order chi connectivity index (χ0) is 25.4. The van der Waals surface area contributed by atoms with Crippen LogP contribution in [0, 0.1) is 5.92 Å². The monoisotopic (exact) mass is 509 g/mol. The topological polar surface area (TPSA) is 166 Å². The van der Waals surface area contributed by atoms with Gasteiger partial charge in [0.25, 0.3) is 0 Å².